The maximum atomic E-state index is 10.2. The molecule has 0 spiro atoms. The lowest BCUT2D eigenvalue weighted by atomic mass is 9.99. The van der Waals surface area contributed by atoms with Gasteiger partial charge >= 0.3 is 0 Å². The molecular formula is C16H19ClO2. The first-order chi connectivity index (χ1) is 9.04. The van der Waals surface area contributed by atoms with E-state index >= 15 is 0 Å². The molecule has 0 atom stereocenters. The molecule has 102 valence electrons. The quantitative estimate of drug-likeness (QED) is 0.803. The minimum absolute atomic E-state index is 0.0586. The molecule has 0 amide bonds. The van der Waals surface area contributed by atoms with Crippen LogP contribution in [0.5, 0.6) is 11.5 Å². The van der Waals surface area contributed by atoms with Crippen molar-refractivity contribution in [2.24, 2.45) is 0 Å². The summed E-state index contributed by atoms with van der Waals surface area (Å²) in [6.45, 7) is 5.68. The van der Waals surface area contributed by atoms with Crippen LogP contribution < -0.4 is 0 Å². The maximum absolute atomic E-state index is 10.2. The largest absolute Gasteiger partial charge is 0.507 e. The van der Waals surface area contributed by atoms with Crippen molar-refractivity contribution in [2.75, 3.05) is 0 Å². The Morgan fingerprint density at radius 3 is 2.47 bits per heavy atom. The number of benzene rings is 1. The number of rotatable bonds is 3. The second-order valence-corrected chi connectivity index (χ2v) is 4.69. The Kier molecular flexibility index (Phi) is 5.79. The van der Waals surface area contributed by atoms with Gasteiger partial charge in [-0.05, 0) is 25.8 Å². The van der Waals surface area contributed by atoms with Crippen LogP contribution in [0.25, 0.3) is 6.08 Å². The zero-order valence-corrected chi connectivity index (χ0v) is 12.3. The first-order valence-corrected chi connectivity index (χ1v) is 6.73. The van der Waals surface area contributed by atoms with Gasteiger partial charge in [-0.25, -0.2) is 0 Å². The van der Waals surface area contributed by atoms with Crippen molar-refractivity contribution in [1.82, 2.24) is 0 Å². The fraction of sp³-hybridized carbons (Fsp3) is 0.375. The highest BCUT2D eigenvalue weighted by atomic mass is 35.5. The molecule has 0 bridgehead atoms. The molecule has 0 saturated carbocycles. The first kappa shape index (κ1) is 15.5. The molecular weight excluding hydrogens is 260 g/mol. The summed E-state index contributed by atoms with van der Waals surface area (Å²) in [5, 5.41) is 20.5. The Labute approximate surface area is 119 Å². The Morgan fingerprint density at radius 2 is 1.89 bits per heavy atom. The number of hydrogen-bond donors (Lipinski definition) is 2. The summed E-state index contributed by atoms with van der Waals surface area (Å²) in [6.07, 6.45) is 5.69. The van der Waals surface area contributed by atoms with E-state index in [0.717, 1.165) is 12.8 Å². The summed E-state index contributed by atoms with van der Waals surface area (Å²) in [4.78, 5) is 0. The highest BCUT2D eigenvalue weighted by Gasteiger charge is 2.18. The summed E-state index contributed by atoms with van der Waals surface area (Å²) in [5.74, 6) is 5.92. The van der Waals surface area contributed by atoms with E-state index in [1.165, 1.54) is 0 Å². The summed E-state index contributed by atoms with van der Waals surface area (Å²) in [6, 6.07) is 0. The number of phenolic OH excluding ortho intramolecular Hbond substituents is 2. The number of aromatic hydroxyl groups is 2. The normalized spacial score (nSPS) is 10.5. The van der Waals surface area contributed by atoms with Crippen LogP contribution in [0, 0.1) is 18.8 Å². The molecule has 0 heterocycles. The standard InChI is InChI=1S/C16H19ClO2/c1-4-6-7-8-10-13-15(18)12(9-5-2)11(3)14(17)16(13)19/h5,9,18-19H,4,6,10H2,1-3H3/b9-5+. The zero-order valence-electron chi connectivity index (χ0n) is 11.5. The van der Waals surface area contributed by atoms with Gasteiger partial charge in [-0.15, -0.1) is 5.92 Å². The minimum atomic E-state index is -0.0734. The molecule has 0 fully saturated rings. The highest BCUT2D eigenvalue weighted by molar-refractivity contribution is 6.33. The summed E-state index contributed by atoms with van der Waals surface area (Å²) >= 11 is 6.09. The third-order valence-corrected chi connectivity index (χ3v) is 3.33. The smallest absolute Gasteiger partial charge is 0.142 e. The van der Waals surface area contributed by atoms with E-state index in [0.29, 0.717) is 23.1 Å². The van der Waals surface area contributed by atoms with E-state index in [4.69, 9.17) is 11.6 Å². The van der Waals surface area contributed by atoms with E-state index in [1.54, 1.807) is 13.0 Å². The number of unbranched alkanes of at least 4 members (excludes halogenated alkanes) is 1. The zero-order chi connectivity index (χ0) is 14.4. The SMILES string of the molecule is C/C=C/c1c(C)c(Cl)c(O)c(CC#CCCC)c1O. The predicted molar refractivity (Wildman–Crippen MR) is 80.6 cm³/mol. The van der Waals surface area contributed by atoms with Crippen LogP contribution >= 0.6 is 11.6 Å². The van der Waals surface area contributed by atoms with Crippen molar-refractivity contribution < 1.29 is 10.2 Å². The van der Waals surface area contributed by atoms with E-state index < -0.39 is 0 Å². The van der Waals surface area contributed by atoms with Crippen LogP contribution in [0.4, 0.5) is 0 Å². The minimum Gasteiger partial charge on any atom is -0.507 e. The maximum Gasteiger partial charge on any atom is 0.142 e. The van der Waals surface area contributed by atoms with Gasteiger partial charge in [0.15, 0.2) is 0 Å². The van der Waals surface area contributed by atoms with Gasteiger partial charge in [-0.3, -0.25) is 0 Å². The molecule has 0 unspecified atom stereocenters. The monoisotopic (exact) mass is 278 g/mol. The van der Waals surface area contributed by atoms with Crippen LogP contribution in [0.15, 0.2) is 6.08 Å². The van der Waals surface area contributed by atoms with Gasteiger partial charge in [0.05, 0.1) is 5.02 Å². The second kappa shape index (κ2) is 7.11. The molecule has 2 nitrogen and oxygen atoms in total. The van der Waals surface area contributed by atoms with Crippen LogP contribution in [-0.4, -0.2) is 10.2 Å². The Balaban J connectivity index is 3.28. The second-order valence-electron chi connectivity index (χ2n) is 4.31. The molecule has 0 radical (unpaired) electrons. The molecule has 0 aliphatic carbocycles. The van der Waals surface area contributed by atoms with Crippen LogP contribution in [-0.2, 0) is 6.42 Å². The van der Waals surface area contributed by atoms with Crippen molar-refractivity contribution >= 4 is 17.7 Å². The molecule has 19 heavy (non-hydrogen) atoms. The molecule has 1 rings (SSSR count). The molecule has 0 aromatic heterocycles. The van der Waals surface area contributed by atoms with Gasteiger partial charge in [0, 0.05) is 24.0 Å². The molecule has 3 heteroatoms. The van der Waals surface area contributed by atoms with Gasteiger partial charge in [0.2, 0.25) is 0 Å². The van der Waals surface area contributed by atoms with Gasteiger partial charge in [-0.1, -0.05) is 36.6 Å². The topological polar surface area (TPSA) is 40.5 Å². The predicted octanol–water partition coefficient (Wildman–Crippen LogP) is 4.44. The molecule has 0 aliphatic heterocycles. The molecule has 1 aromatic rings. The fourth-order valence-corrected chi connectivity index (χ4v) is 2.00. The van der Waals surface area contributed by atoms with Gasteiger partial charge in [0.25, 0.3) is 0 Å². The first-order valence-electron chi connectivity index (χ1n) is 6.35. The van der Waals surface area contributed by atoms with Crippen molar-refractivity contribution in [2.45, 2.75) is 40.0 Å². The average Bonchev–Trinajstić information content (AvgIpc) is 2.40. The third-order valence-electron chi connectivity index (χ3n) is 2.87. The number of halogens is 1. The van der Waals surface area contributed by atoms with E-state index in [2.05, 4.69) is 18.8 Å². The molecule has 2 N–H and O–H groups in total. The summed E-state index contributed by atoms with van der Waals surface area (Å²) in [5.41, 5.74) is 1.70. The van der Waals surface area contributed by atoms with Crippen molar-refractivity contribution in [3.8, 4) is 23.3 Å². The molecule has 0 aliphatic rings. The number of hydrogen-bond acceptors (Lipinski definition) is 2. The highest BCUT2D eigenvalue weighted by Crippen LogP contribution is 2.41. The van der Waals surface area contributed by atoms with Crippen LogP contribution in [0.1, 0.15) is 43.4 Å². The van der Waals surface area contributed by atoms with Gasteiger partial charge in [0.1, 0.15) is 11.5 Å². The van der Waals surface area contributed by atoms with Crippen LogP contribution in [0.2, 0.25) is 5.02 Å². The van der Waals surface area contributed by atoms with Crippen molar-refractivity contribution in [1.29, 1.82) is 0 Å². The molecule has 0 saturated heterocycles. The van der Waals surface area contributed by atoms with E-state index in [-0.39, 0.29) is 16.5 Å². The fourth-order valence-electron chi connectivity index (χ4n) is 1.78. The lowest BCUT2D eigenvalue weighted by Crippen LogP contribution is -1.93. The Morgan fingerprint density at radius 1 is 1.21 bits per heavy atom. The number of phenols is 2. The average molecular weight is 279 g/mol. The molecule has 1 aromatic carbocycles. The van der Waals surface area contributed by atoms with Crippen molar-refractivity contribution in [3.63, 3.8) is 0 Å². The van der Waals surface area contributed by atoms with Crippen LogP contribution in [0.3, 0.4) is 0 Å². The lowest BCUT2D eigenvalue weighted by Gasteiger charge is -2.13. The van der Waals surface area contributed by atoms with Gasteiger partial charge < -0.3 is 10.2 Å². The Bertz CT molecular complexity index is 548. The summed E-state index contributed by atoms with van der Waals surface area (Å²) in [7, 11) is 0. The van der Waals surface area contributed by atoms with Gasteiger partial charge in [-0.2, -0.15) is 0 Å². The van der Waals surface area contributed by atoms with E-state index in [9.17, 15) is 10.2 Å². The Hall–Kier alpha value is -1.59. The van der Waals surface area contributed by atoms with Crippen molar-refractivity contribution in [3.05, 3.63) is 27.8 Å². The number of allylic oxidation sites excluding steroid dienone is 1. The summed E-state index contributed by atoms with van der Waals surface area (Å²) < 4.78 is 0. The lowest BCUT2D eigenvalue weighted by molar-refractivity contribution is 0.440. The van der Waals surface area contributed by atoms with E-state index in [1.807, 2.05) is 13.0 Å². The third kappa shape index (κ3) is 3.45.